The minimum Gasteiger partial charge on any atom is -0.508 e. The van der Waals surface area contributed by atoms with Crippen LogP contribution in [-0.2, 0) is 22.6 Å². The van der Waals surface area contributed by atoms with Crippen molar-refractivity contribution in [3.8, 4) is 33.9 Å². The lowest BCUT2D eigenvalue weighted by molar-refractivity contribution is -0.142. The van der Waals surface area contributed by atoms with Crippen molar-refractivity contribution in [1.82, 2.24) is 20.3 Å². The first-order chi connectivity index (χ1) is 26.0. The van der Waals surface area contributed by atoms with Crippen LogP contribution in [0.3, 0.4) is 0 Å². The Labute approximate surface area is 308 Å². The van der Waals surface area contributed by atoms with E-state index >= 15 is 0 Å². The van der Waals surface area contributed by atoms with Crippen LogP contribution in [0.25, 0.3) is 33.4 Å². The maximum Gasteiger partial charge on any atom is 0.321 e. The molecule has 3 aromatic carbocycles. The van der Waals surface area contributed by atoms with Gasteiger partial charge < -0.3 is 35.1 Å². The topological polar surface area (TPSA) is 206 Å². The highest BCUT2D eigenvalue weighted by Crippen LogP contribution is 2.42. The number of aryl methyl sites for hydroxylation is 3. The average molecular weight is 732 g/mol. The Morgan fingerprint density at radius 2 is 1.83 bits per heavy atom. The van der Waals surface area contributed by atoms with Crippen LogP contribution in [0.4, 0.5) is 5.82 Å². The third-order valence-corrected chi connectivity index (χ3v) is 9.94. The zero-order chi connectivity index (χ0) is 38.1. The molecule has 0 unspecified atom stereocenters. The molecule has 3 atom stereocenters. The van der Waals surface area contributed by atoms with Crippen molar-refractivity contribution in [3.05, 3.63) is 111 Å². The molecular weight excluding hydrogens is 694 g/mol. The molecule has 3 heterocycles. The molecule has 7 rings (SSSR count). The quantitative estimate of drug-likeness (QED) is 0.102. The monoisotopic (exact) mass is 731 g/mol. The number of methoxy groups -OCH3 is 1. The number of phenols is 1. The summed E-state index contributed by atoms with van der Waals surface area (Å²) in [7, 11) is 1.53. The second kappa shape index (κ2) is 14.8. The molecule has 4 aromatic rings. The fraction of sp³-hybridized carbons (Fsp3) is 0.250. The van der Waals surface area contributed by atoms with Crippen LogP contribution in [0.5, 0.6) is 11.5 Å². The Morgan fingerprint density at radius 3 is 2.59 bits per heavy atom. The first-order valence-corrected chi connectivity index (χ1v) is 17.4. The lowest BCUT2D eigenvalue weighted by atomic mass is 9.82. The third kappa shape index (κ3) is 7.23. The predicted molar refractivity (Wildman–Crippen MR) is 198 cm³/mol. The van der Waals surface area contributed by atoms with Crippen LogP contribution in [0.1, 0.15) is 45.8 Å². The number of carboxylic acid groups (broad SMARTS) is 2. The summed E-state index contributed by atoms with van der Waals surface area (Å²) < 4.78 is 13.2. The molecule has 14 nitrogen and oxygen atoms in total. The van der Waals surface area contributed by atoms with Gasteiger partial charge in [-0.15, -0.1) is 5.10 Å². The standard InChI is InChI=1S/C40H37N5O9/c1-21-14-23(6-9-26(21)37-27-10-7-24(46)16-33(27)54-34-17-25(47)8-11-28(34)37)39(50)42-35-20-45(44-43-35)13-3-4-22-5-12-32(53-2)29(15-22)31-19-41-38(40(51)52)30(31)18-36(48)49/h5-12,14-17,20,30-31,38,41,46H,3-4,13,18-19H2,1-2H3,(H,42,50)(H,48,49)(H,51,52)/t30-,31+,38-/m0/s1. The van der Waals surface area contributed by atoms with Gasteiger partial charge in [-0.25, -0.2) is 0 Å². The Balaban J connectivity index is 1.02. The Morgan fingerprint density at radius 1 is 1.02 bits per heavy atom. The van der Waals surface area contributed by atoms with Gasteiger partial charge in [-0.3, -0.25) is 23.9 Å². The number of hydrogen-bond donors (Lipinski definition) is 5. The Kier molecular flexibility index (Phi) is 9.84. The number of phenolic OH excluding ortho intramolecular Hbond substituents is 1. The molecule has 14 heteroatoms. The van der Waals surface area contributed by atoms with Crippen LogP contribution in [0, 0.1) is 12.8 Å². The lowest BCUT2D eigenvalue weighted by Crippen LogP contribution is -2.36. The molecule has 3 aliphatic rings. The molecule has 54 heavy (non-hydrogen) atoms. The van der Waals surface area contributed by atoms with Gasteiger partial charge in [0, 0.05) is 59.1 Å². The first kappa shape index (κ1) is 35.8. The highest BCUT2D eigenvalue weighted by molar-refractivity contribution is 6.06. The van der Waals surface area contributed by atoms with E-state index in [1.165, 1.54) is 25.3 Å². The molecule has 0 radical (unpaired) electrons. The average Bonchev–Trinajstić information content (AvgIpc) is 3.77. The number of carbonyl (C=O) groups is 3. The van der Waals surface area contributed by atoms with E-state index in [-0.39, 0.29) is 35.2 Å². The number of aromatic hydroxyl groups is 1. The molecule has 0 bridgehead atoms. The molecular formula is C40H37N5O9. The van der Waals surface area contributed by atoms with Crippen LogP contribution < -0.4 is 20.8 Å². The van der Waals surface area contributed by atoms with E-state index in [2.05, 4.69) is 20.9 Å². The number of ether oxygens (including phenoxy) is 1. The third-order valence-electron chi connectivity index (χ3n) is 9.94. The van der Waals surface area contributed by atoms with E-state index in [1.807, 2.05) is 31.2 Å². The SMILES string of the molecule is COc1ccc(CCCn2cc(NC(=O)c3ccc(-c4c5ccc(=O)cc-5oc5cc(O)ccc45)c(C)c3)nn2)cc1[C@H]1CN[C@H](C(=O)O)[C@H]1CC(=O)O. The van der Waals surface area contributed by atoms with E-state index in [1.54, 1.807) is 41.2 Å². The largest absolute Gasteiger partial charge is 0.508 e. The van der Waals surface area contributed by atoms with E-state index in [0.29, 0.717) is 48.6 Å². The van der Waals surface area contributed by atoms with Crippen molar-refractivity contribution in [3.63, 3.8) is 0 Å². The second-order valence-corrected chi connectivity index (χ2v) is 13.4. The number of amides is 1. The van der Waals surface area contributed by atoms with Gasteiger partial charge in [0.15, 0.2) is 11.2 Å². The zero-order valence-corrected chi connectivity index (χ0v) is 29.4. The summed E-state index contributed by atoms with van der Waals surface area (Å²) in [5, 5.41) is 44.0. The van der Waals surface area contributed by atoms with Crippen molar-refractivity contribution < 1.29 is 38.9 Å². The van der Waals surface area contributed by atoms with E-state index < -0.39 is 23.9 Å². The fourth-order valence-corrected chi connectivity index (χ4v) is 7.42. The van der Waals surface area contributed by atoms with E-state index in [9.17, 15) is 34.5 Å². The highest BCUT2D eigenvalue weighted by Gasteiger charge is 2.43. The van der Waals surface area contributed by atoms with Crippen LogP contribution >= 0.6 is 0 Å². The molecule has 0 spiro atoms. The zero-order valence-electron chi connectivity index (χ0n) is 29.4. The summed E-state index contributed by atoms with van der Waals surface area (Å²) in [6, 6.07) is 19.5. The number of aliphatic carboxylic acids is 2. The summed E-state index contributed by atoms with van der Waals surface area (Å²) in [6.45, 7) is 2.72. The van der Waals surface area contributed by atoms with Crippen molar-refractivity contribution in [1.29, 1.82) is 0 Å². The van der Waals surface area contributed by atoms with Crippen molar-refractivity contribution in [2.75, 3.05) is 19.0 Å². The van der Waals surface area contributed by atoms with Gasteiger partial charge in [0.25, 0.3) is 5.91 Å². The van der Waals surface area contributed by atoms with Crippen LogP contribution in [0.15, 0.2) is 88.2 Å². The molecule has 1 aliphatic carbocycles. The van der Waals surface area contributed by atoms with Crippen molar-refractivity contribution in [2.24, 2.45) is 5.92 Å². The van der Waals surface area contributed by atoms with Crippen molar-refractivity contribution >= 4 is 34.6 Å². The minimum absolute atomic E-state index is 0.0338. The molecule has 1 saturated heterocycles. The number of rotatable bonds is 12. The number of carboxylic acids is 2. The van der Waals surface area contributed by atoms with Gasteiger partial charge in [0.2, 0.25) is 0 Å². The maximum absolute atomic E-state index is 13.3. The summed E-state index contributed by atoms with van der Waals surface area (Å²) in [5.74, 6) is -2.21. The summed E-state index contributed by atoms with van der Waals surface area (Å²) >= 11 is 0. The number of benzene rings is 4. The molecule has 5 N–H and O–H groups in total. The van der Waals surface area contributed by atoms with Gasteiger partial charge in [-0.2, -0.15) is 0 Å². The van der Waals surface area contributed by atoms with Gasteiger partial charge in [-0.1, -0.05) is 23.4 Å². The number of anilines is 1. The minimum atomic E-state index is -1.08. The van der Waals surface area contributed by atoms with E-state index in [4.69, 9.17) is 9.15 Å². The summed E-state index contributed by atoms with van der Waals surface area (Å²) in [6.07, 6.45) is 2.69. The van der Waals surface area contributed by atoms with Gasteiger partial charge >= 0.3 is 11.9 Å². The number of hydrogen-bond acceptors (Lipinski definition) is 10. The number of fused-ring (bicyclic) bond motifs is 2. The molecule has 1 amide bonds. The predicted octanol–water partition coefficient (Wildman–Crippen LogP) is 5.29. The lowest BCUT2D eigenvalue weighted by Gasteiger charge is -2.23. The fourth-order valence-electron chi connectivity index (χ4n) is 7.42. The molecule has 0 saturated carbocycles. The first-order valence-electron chi connectivity index (χ1n) is 17.4. The molecule has 1 aromatic heterocycles. The molecule has 1 fully saturated rings. The van der Waals surface area contributed by atoms with Crippen LogP contribution in [-0.4, -0.2) is 67.9 Å². The second-order valence-electron chi connectivity index (χ2n) is 13.4. The summed E-state index contributed by atoms with van der Waals surface area (Å²) in [4.78, 5) is 48.8. The van der Waals surface area contributed by atoms with Crippen LogP contribution in [0.2, 0.25) is 0 Å². The van der Waals surface area contributed by atoms with Crippen molar-refractivity contribution in [2.45, 2.75) is 44.7 Å². The van der Waals surface area contributed by atoms with E-state index in [0.717, 1.165) is 38.8 Å². The molecule has 276 valence electrons. The number of carbonyl (C=O) groups excluding carboxylic acids is 1. The normalized spacial score (nSPS) is 16.8. The highest BCUT2D eigenvalue weighted by atomic mass is 16.5. The number of aromatic nitrogens is 3. The van der Waals surface area contributed by atoms with Gasteiger partial charge in [-0.05, 0) is 84.5 Å². The smallest absolute Gasteiger partial charge is 0.321 e. The van der Waals surface area contributed by atoms with Gasteiger partial charge in [0.1, 0.15) is 28.9 Å². The number of nitrogens with one attached hydrogen (secondary N) is 2. The summed E-state index contributed by atoms with van der Waals surface area (Å²) in [5.41, 5.74) is 5.56. The maximum atomic E-state index is 13.3. The number of nitrogens with zero attached hydrogens (tertiary/aromatic N) is 3. The molecule has 2 aliphatic heterocycles. The Bertz CT molecular complexity index is 2440. The Hall–Kier alpha value is -6.54. The van der Waals surface area contributed by atoms with Gasteiger partial charge in [0.05, 0.1) is 19.7 Å².